The van der Waals surface area contributed by atoms with E-state index in [1.165, 1.54) is 0 Å². The van der Waals surface area contributed by atoms with Gasteiger partial charge in [-0.25, -0.2) is 13.1 Å². The molecule has 0 atom stereocenters. The molecule has 0 aliphatic carbocycles. The molecule has 0 saturated carbocycles. The topological polar surface area (TPSA) is 46.2 Å². The van der Waals surface area contributed by atoms with Crippen molar-refractivity contribution >= 4 is 10.0 Å². The van der Waals surface area contributed by atoms with E-state index in [-0.39, 0.29) is 6.54 Å². The molecule has 0 radical (unpaired) electrons. The average Bonchev–Trinajstić information content (AvgIpc) is 1.63. The van der Waals surface area contributed by atoms with Gasteiger partial charge in [-0.2, -0.15) is 0 Å². The van der Waals surface area contributed by atoms with Crippen molar-refractivity contribution in [2.45, 2.75) is 6.92 Å². The van der Waals surface area contributed by atoms with Crippen LogP contribution in [0, 0.1) is 11.8 Å². The molecule has 0 fully saturated rings. The third-order valence-corrected chi connectivity index (χ3v) is 1.27. The van der Waals surface area contributed by atoms with Gasteiger partial charge in [0.2, 0.25) is 10.0 Å². The van der Waals surface area contributed by atoms with Crippen molar-refractivity contribution in [1.82, 2.24) is 4.72 Å². The summed E-state index contributed by atoms with van der Waals surface area (Å²) in [6, 6.07) is 0. The summed E-state index contributed by atoms with van der Waals surface area (Å²) in [7, 11) is -3.05. The zero-order valence-electron chi connectivity index (χ0n) is 5.43. The van der Waals surface area contributed by atoms with Gasteiger partial charge in [0.25, 0.3) is 0 Å². The number of hydrogen-bond acceptors (Lipinski definition) is 2. The van der Waals surface area contributed by atoms with Crippen LogP contribution in [0.25, 0.3) is 0 Å². The zero-order chi connectivity index (χ0) is 7.33. The molecule has 3 nitrogen and oxygen atoms in total. The first-order chi connectivity index (χ1) is 4.06. The maximum Gasteiger partial charge on any atom is 0.209 e. The van der Waals surface area contributed by atoms with Crippen LogP contribution in [0.4, 0.5) is 0 Å². The first kappa shape index (κ1) is 8.47. The highest BCUT2D eigenvalue weighted by atomic mass is 32.2. The molecule has 0 bridgehead atoms. The van der Waals surface area contributed by atoms with Crippen molar-refractivity contribution < 1.29 is 8.42 Å². The maximum absolute atomic E-state index is 10.3. The summed E-state index contributed by atoms with van der Waals surface area (Å²) in [6.07, 6.45) is 1.10. The standard InChI is InChI=1S/C5H9NO2S/c1-3-4-5-6-9(2,7)8/h6H,5H2,1-2H3. The third-order valence-electron chi connectivity index (χ3n) is 0.600. The van der Waals surface area contributed by atoms with Crippen molar-refractivity contribution in [1.29, 1.82) is 0 Å². The van der Waals surface area contributed by atoms with Gasteiger partial charge in [-0.3, -0.25) is 0 Å². The Labute approximate surface area is 55.5 Å². The van der Waals surface area contributed by atoms with Crippen LogP contribution in [0.3, 0.4) is 0 Å². The molecular weight excluding hydrogens is 138 g/mol. The average molecular weight is 147 g/mol. The van der Waals surface area contributed by atoms with Gasteiger partial charge in [-0.1, -0.05) is 5.92 Å². The predicted molar refractivity (Wildman–Crippen MR) is 36.3 cm³/mol. The van der Waals surface area contributed by atoms with E-state index in [9.17, 15) is 8.42 Å². The fraction of sp³-hybridized carbons (Fsp3) is 0.600. The van der Waals surface area contributed by atoms with Crippen molar-refractivity contribution in [2.75, 3.05) is 12.8 Å². The molecular formula is C5H9NO2S. The van der Waals surface area contributed by atoms with E-state index >= 15 is 0 Å². The van der Waals surface area contributed by atoms with E-state index in [0.29, 0.717) is 0 Å². The summed E-state index contributed by atoms with van der Waals surface area (Å²) in [5.41, 5.74) is 0. The van der Waals surface area contributed by atoms with Gasteiger partial charge in [0, 0.05) is 0 Å². The molecule has 0 rings (SSSR count). The summed E-state index contributed by atoms with van der Waals surface area (Å²) >= 11 is 0. The molecule has 0 heterocycles. The van der Waals surface area contributed by atoms with E-state index in [0.717, 1.165) is 6.26 Å². The van der Waals surface area contributed by atoms with Crippen molar-refractivity contribution in [3.63, 3.8) is 0 Å². The van der Waals surface area contributed by atoms with E-state index in [1.54, 1.807) is 6.92 Å². The van der Waals surface area contributed by atoms with Crippen molar-refractivity contribution in [2.24, 2.45) is 0 Å². The lowest BCUT2D eigenvalue weighted by atomic mass is 10.6. The lowest BCUT2D eigenvalue weighted by Gasteiger charge is -1.91. The molecule has 0 aliphatic heterocycles. The molecule has 52 valence electrons. The van der Waals surface area contributed by atoms with Crippen molar-refractivity contribution in [3.05, 3.63) is 0 Å². The Morgan fingerprint density at radius 3 is 2.44 bits per heavy atom. The summed E-state index contributed by atoms with van der Waals surface area (Å²) in [6.45, 7) is 1.86. The first-order valence-electron chi connectivity index (χ1n) is 2.40. The Bertz CT molecular complexity index is 219. The normalized spacial score (nSPS) is 10.0. The largest absolute Gasteiger partial charge is 0.213 e. The highest BCUT2D eigenvalue weighted by Crippen LogP contribution is 1.69. The van der Waals surface area contributed by atoms with Crippen LogP contribution >= 0.6 is 0 Å². The summed E-state index contributed by atoms with van der Waals surface area (Å²) in [4.78, 5) is 0. The lowest BCUT2D eigenvalue weighted by molar-refractivity contribution is 0.592. The molecule has 4 heteroatoms. The number of rotatable bonds is 2. The molecule has 0 amide bonds. The van der Waals surface area contributed by atoms with Crippen LogP contribution in [0.2, 0.25) is 0 Å². The number of nitrogens with one attached hydrogen (secondary N) is 1. The fourth-order valence-electron chi connectivity index (χ4n) is 0.256. The third kappa shape index (κ3) is 7.47. The van der Waals surface area contributed by atoms with Gasteiger partial charge in [0.05, 0.1) is 12.8 Å². The Kier molecular flexibility index (Phi) is 3.28. The van der Waals surface area contributed by atoms with Gasteiger partial charge in [-0.05, 0) is 6.92 Å². The molecule has 0 unspecified atom stereocenters. The minimum absolute atomic E-state index is 0.204. The SMILES string of the molecule is CC#CCNS(C)(=O)=O. The van der Waals surface area contributed by atoms with E-state index < -0.39 is 10.0 Å². The quantitative estimate of drug-likeness (QED) is 0.538. The second-order valence-corrected chi connectivity index (χ2v) is 3.35. The molecule has 0 spiro atoms. The molecule has 1 N–H and O–H groups in total. The minimum Gasteiger partial charge on any atom is -0.213 e. The highest BCUT2D eigenvalue weighted by molar-refractivity contribution is 7.88. The molecule has 0 aromatic heterocycles. The van der Waals surface area contributed by atoms with E-state index in [2.05, 4.69) is 16.6 Å². The van der Waals surface area contributed by atoms with E-state index in [1.807, 2.05) is 0 Å². The Morgan fingerprint density at radius 1 is 1.56 bits per heavy atom. The van der Waals surface area contributed by atoms with Crippen LogP contribution in [-0.2, 0) is 10.0 Å². The van der Waals surface area contributed by atoms with Crippen LogP contribution in [0.5, 0.6) is 0 Å². The number of hydrogen-bond donors (Lipinski definition) is 1. The highest BCUT2D eigenvalue weighted by Gasteiger charge is 1.94. The Hall–Kier alpha value is -0.530. The van der Waals surface area contributed by atoms with Crippen LogP contribution in [0.15, 0.2) is 0 Å². The Balaban J connectivity index is 3.62. The predicted octanol–water partition coefficient (Wildman–Crippen LogP) is -0.441. The monoisotopic (exact) mass is 147 g/mol. The van der Waals surface area contributed by atoms with Gasteiger partial charge >= 0.3 is 0 Å². The second-order valence-electron chi connectivity index (χ2n) is 1.52. The van der Waals surface area contributed by atoms with Crippen molar-refractivity contribution in [3.8, 4) is 11.8 Å². The number of sulfonamides is 1. The molecule has 0 aromatic rings. The summed E-state index contributed by atoms with van der Waals surface area (Å²) < 4.78 is 22.9. The first-order valence-corrected chi connectivity index (χ1v) is 4.29. The lowest BCUT2D eigenvalue weighted by Crippen LogP contribution is -2.21. The van der Waals surface area contributed by atoms with E-state index in [4.69, 9.17) is 0 Å². The second kappa shape index (κ2) is 3.49. The summed E-state index contributed by atoms with van der Waals surface area (Å²) in [5, 5.41) is 0. The van der Waals surface area contributed by atoms with Gasteiger partial charge in [-0.15, -0.1) is 5.92 Å². The van der Waals surface area contributed by atoms with Gasteiger partial charge < -0.3 is 0 Å². The minimum atomic E-state index is -3.05. The zero-order valence-corrected chi connectivity index (χ0v) is 6.25. The smallest absolute Gasteiger partial charge is 0.209 e. The van der Waals surface area contributed by atoms with Crippen LogP contribution < -0.4 is 4.72 Å². The Morgan fingerprint density at radius 2 is 2.11 bits per heavy atom. The fourth-order valence-corrected chi connectivity index (χ4v) is 0.590. The van der Waals surface area contributed by atoms with Crippen LogP contribution in [0.1, 0.15) is 6.92 Å². The molecule has 9 heavy (non-hydrogen) atoms. The van der Waals surface area contributed by atoms with Gasteiger partial charge in [0.15, 0.2) is 0 Å². The molecule has 0 aromatic carbocycles. The van der Waals surface area contributed by atoms with Gasteiger partial charge in [0.1, 0.15) is 0 Å². The molecule has 0 saturated heterocycles. The molecule has 0 aliphatic rings. The van der Waals surface area contributed by atoms with Crippen LogP contribution in [-0.4, -0.2) is 21.2 Å². The maximum atomic E-state index is 10.3. The summed E-state index contributed by atoms with van der Waals surface area (Å²) in [5.74, 6) is 5.13.